The number of aromatic nitrogens is 3. The van der Waals surface area contributed by atoms with Gasteiger partial charge in [-0.05, 0) is 25.5 Å². The quantitative estimate of drug-likeness (QED) is 0.629. The summed E-state index contributed by atoms with van der Waals surface area (Å²) in [5, 5.41) is 7.12. The number of aliphatic carboxylic acids is 1. The molecule has 1 aromatic carbocycles. The van der Waals surface area contributed by atoms with Gasteiger partial charge in [0, 0.05) is 48.2 Å². The van der Waals surface area contributed by atoms with E-state index in [2.05, 4.69) is 27.1 Å². The number of carbonyl (C=O) groups is 2. The molecule has 1 aliphatic heterocycles. The van der Waals surface area contributed by atoms with Crippen molar-refractivity contribution in [3.05, 3.63) is 77.5 Å². The van der Waals surface area contributed by atoms with E-state index in [1.165, 1.54) is 0 Å². The van der Waals surface area contributed by atoms with Crippen LogP contribution in [0, 0.1) is 6.92 Å². The molecule has 0 aliphatic carbocycles. The maximum absolute atomic E-state index is 12.8. The van der Waals surface area contributed by atoms with Gasteiger partial charge in [-0.3, -0.25) is 9.78 Å². The van der Waals surface area contributed by atoms with Crippen LogP contribution in [0.2, 0.25) is 0 Å². The van der Waals surface area contributed by atoms with E-state index in [-0.39, 0.29) is 5.91 Å². The molecule has 1 N–H and O–H groups in total. The molecule has 0 spiro atoms. The molecule has 172 valence electrons. The van der Waals surface area contributed by atoms with Gasteiger partial charge in [0.2, 0.25) is 0 Å². The van der Waals surface area contributed by atoms with Gasteiger partial charge in [-0.15, -0.1) is 0 Å². The van der Waals surface area contributed by atoms with Crippen molar-refractivity contribution in [1.29, 1.82) is 0 Å². The number of halogens is 3. The van der Waals surface area contributed by atoms with Crippen LogP contribution in [0.5, 0.6) is 0 Å². The average molecular weight is 458 g/mol. The molecule has 0 fully saturated rings. The highest BCUT2D eigenvalue weighted by atomic mass is 19.4. The number of nitrogens with zero attached hydrogens (tertiary/aromatic N) is 4. The van der Waals surface area contributed by atoms with Crippen LogP contribution in [0.25, 0.3) is 11.3 Å². The van der Waals surface area contributed by atoms with Crippen molar-refractivity contribution >= 4 is 11.9 Å². The van der Waals surface area contributed by atoms with Crippen molar-refractivity contribution in [3.63, 3.8) is 0 Å². The summed E-state index contributed by atoms with van der Waals surface area (Å²) in [5.41, 5.74) is 5.80. The Morgan fingerprint density at radius 3 is 2.24 bits per heavy atom. The number of alkyl halides is 3. The first-order chi connectivity index (χ1) is 15.7. The Hall–Kier alpha value is -3.82. The zero-order chi connectivity index (χ0) is 24.0. The molecule has 2 aromatic heterocycles. The third-order valence-corrected chi connectivity index (χ3v) is 5.02. The van der Waals surface area contributed by atoms with Gasteiger partial charge in [0.25, 0.3) is 5.91 Å². The normalized spacial score (nSPS) is 13.3. The fraction of sp³-hybridized carbons (Fsp3) is 0.261. The van der Waals surface area contributed by atoms with E-state index >= 15 is 0 Å². The topological polar surface area (TPSA) is 96.3 Å². The number of hydrogen-bond acceptors (Lipinski definition) is 5. The van der Waals surface area contributed by atoms with Crippen molar-refractivity contribution in [2.24, 2.45) is 0 Å². The molecule has 4 rings (SSSR count). The van der Waals surface area contributed by atoms with Gasteiger partial charge in [0.15, 0.2) is 0 Å². The number of carboxylic acid groups (broad SMARTS) is 1. The minimum atomic E-state index is -5.08. The summed E-state index contributed by atoms with van der Waals surface area (Å²) < 4.78 is 31.7. The Kier molecular flexibility index (Phi) is 7.37. The van der Waals surface area contributed by atoms with Gasteiger partial charge in [0.1, 0.15) is 6.33 Å². The Bertz CT molecular complexity index is 1120. The fourth-order valence-corrected chi connectivity index (χ4v) is 3.35. The predicted molar refractivity (Wildman–Crippen MR) is 113 cm³/mol. The number of benzene rings is 1. The zero-order valence-electron chi connectivity index (χ0n) is 17.7. The number of aryl methyl sites for hydroxylation is 1. The number of rotatable bonds is 2. The summed E-state index contributed by atoms with van der Waals surface area (Å²) in [6.07, 6.45) is -0.304. The Morgan fingerprint density at radius 1 is 0.970 bits per heavy atom. The van der Waals surface area contributed by atoms with Crippen LogP contribution < -0.4 is 0 Å². The largest absolute Gasteiger partial charge is 0.490 e. The summed E-state index contributed by atoms with van der Waals surface area (Å²) in [5.74, 6) is -2.73. The van der Waals surface area contributed by atoms with E-state index in [4.69, 9.17) is 9.90 Å². The molecular formula is C23H21F3N4O3. The number of hydrogen-bond donors (Lipinski definition) is 1. The van der Waals surface area contributed by atoms with E-state index in [1.807, 2.05) is 42.2 Å². The molecule has 10 heteroatoms. The lowest BCUT2D eigenvalue weighted by Gasteiger charge is -2.20. The van der Waals surface area contributed by atoms with E-state index in [0.717, 1.165) is 41.1 Å². The monoisotopic (exact) mass is 458 g/mol. The third kappa shape index (κ3) is 6.12. The summed E-state index contributed by atoms with van der Waals surface area (Å²) in [7, 11) is 0. The molecule has 0 unspecified atom stereocenters. The van der Waals surface area contributed by atoms with Crippen LogP contribution in [-0.4, -0.2) is 56.1 Å². The fourth-order valence-electron chi connectivity index (χ4n) is 3.35. The molecule has 0 saturated carbocycles. The SMILES string of the molecule is Cc1ccc(C(=O)N2CCc3ncnc(-c4ccccc4)c3CC2)cn1.O=C(O)C(F)(F)F. The van der Waals surface area contributed by atoms with Gasteiger partial charge in [-0.25, -0.2) is 14.8 Å². The van der Waals surface area contributed by atoms with E-state index in [0.29, 0.717) is 18.7 Å². The molecule has 0 saturated heterocycles. The van der Waals surface area contributed by atoms with E-state index in [1.54, 1.807) is 12.5 Å². The lowest BCUT2D eigenvalue weighted by atomic mass is 10.0. The average Bonchev–Trinajstić information content (AvgIpc) is 3.02. The number of carbonyl (C=O) groups excluding carboxylic acids is 1. The third-order valence-electron chi connectivity index (χ3n) is 5.02. The van der Waals surface area contributed by atoms with Crippen molar-refractivity contribution in [2.45, 2.75) is 25.9 Å². The van der Waals surface area contributed by atoms with Gasteiger partial charge >= 0.3 is 12.1 Å². The van der Waals surface area contributed by atoms with Crippen LogP contribution in [0.1, 0.15) is 27.3 Å². The smallest absolute Gasteiger partial charge is 0.475 e. The first-order valence-electron chi connectivity index (χ1n) is 10.1. The standard InChI is InChI=1S/C21H20N4O.C2HF3O2/c1-15-7-8-17(13-22-15)21(26)25-11-9-18-19(10-12-25)23-14-24-20(18)16-5-3-2-4-6-16;3-2(4,5)1(6)7/h2-8,13-14H,9-12H2,1H3;(H,6,7). The van der Waals surface area contributed by atoms with Gasteiger partial charge in [-0.2, -0.15) is 13.2 Å². The molecule has 0 radical (unpaired) electrons. The second-order valence-electron chi connectivity index (χ2n) is 7.30. The number of carboxylic acids is 1. The molecule has 33 heavy (non-hydrogen) atoms. The minimum absolute atomic E-state index is 0.0273. The number of fused-ring (bicyclic) bond motifs is 1. The summed E-state index contributed by atoms with van der Waals surface area (Å²) >= 11 is 0. The number of amides is 1. The highest BCUT2D eigenvalue weighted by Crippen LogP contribution is 2.26. The van der Waals surface area contributed by atoms with Crippen molar-refractivity contribution in [1.82, 2.24) is 19.9 Å². The molecule has 3 aromatic rings. The van der Waals surface area contributed by atoms with Crippen molar-refractivity contribution in [3.8, 4) is 11.3 Å². The summed E-state index contributed by atoms with van der Waals surface area (Å²) in [6, 6.07) is 13.9. The van der Waals surface area contributed by atoms with E-state index < -0.39 is 12.1 Å². The van der Waals surface area contributed by atoms with Gasteiger partial charge in [-0.1, -0.05) is 30.3 Å². The van der Waals surface area contributed by atoms with Crippen LogP contribution in [0.4, 0.5) is 13.2 Å². The Labute approximate surface area is 187 Å². The van der Waals surface area contributed by atoms with Crippen molar-refractivity contribution in [2.75, 3.05) is 13.1 Å². The molecule has 7 nitrogen and oxygen atoms in total. The minimum Gasteiger partial charge on any atom is -0.475 e. The molecule has 1 amide bonds. The van der Waals surface area contributed by atoms with Crippen LogP contribution >= 0.6 is 0 Å². The molecular weight excluding hydrogens is 437 g/mol. The van der Waals surface area contributed by atoms with Crippen LogP contribution in [0.3, 0.4) is 0 Å². The summed E-state index contributed by atoms with van der Waals surface area (Å²) in [6.45, 7) is 3.23. The van der Waals surface area contributed by atoms with E-state index in [9.17, 15) is 18.0 Å². The van der Waals surface area contributed by atoms with Gasteiger partial charge < -0.3 is 10.0 Å². The Balaban J connectivity index is 0.000000383. The highest BCUT2D eigenvalue weighted by Gasteiger charge is 2.38. The second kappa shape index (κ2) is 10.2. The lowest BCUT2D eigenvalue weighted by Crippen LogP contribution is -2.33. The predicted octanol–water partition coefficient (Wildman–Crippen LogP) is 3.72. The zero-order valence-corrected chi connectivity index (χ0v) is 17.7. The summed E-state index contributed by atoms with van der Waals surface area (Å²) in [4.78, 5) is 36.8. The van der Waals surface area contributed by atoms with Crippen LogP contribution in [-0.2, 0) is 17.6 Å². The van der Waals surface area contributed by atoms with Crippen LogP contribution in [0.15, 0.2) is 55.0 Å². The first kappa shape index (κ1) is 23.8. The number of pyridine rings is 1. The second-order valence-corrected chi connectivity index (χ2v) is 7.30. The van der Waals surface area contributed by atoms with Gasteiger partial charge in [0.05, 0.1) is 11.3 Å². The Morgan fingerprint density at radius 2 is 1.64 bits per heavy atom. The molecule has 3 heterocycles. The first-order valence-corrected chi connectivity index (χ1v) is 10.1. The maximum Gasteiger partial charge on any atom is 0.490 e. The van der Waals surface area contributed by atoms with Crippen molar-refractivity contribution < 1.29 is 27.9 Å². The molecule has 1 aliphatic rings. The maximum atomic E-state index is 12.8. The molecule has 0 bridgehead atoms. The highest BCUT2D eigenvalue weighted by molar-refractivity contribution is 5.94. The lowest BCUT2D eigenvalue weighted by molar-refractivity contribution is -0.192. The molecule has 0 atom stereocenters.